The second kappa shape index (κ2) is 8.64. The van der Waals surface area contributed by atoms with Crippen molar-refractivity contribution in [1.29, 1.82) is 0 Å². The van der Waals surface area contributed by atoms with Crippen molar-refractivity contribution in [3.63, 3.8) is 0 Å². The minimum Gasteiger partial charge on any atom is -0.271 e. The highest BCUT2D eigenvalue weighted by Gasteiger charge is 2.17. The highest BCUT2D eigenvalue weighted by Crippen LogP contribution is 2.29. The molecule has 2 rings (SSSR count). The Labute approximate surface area is 139 Å². The fourth-order valence-corrected chi connectivity index (χ4v) is 4.74. The molecule has 0 spiro atoms. The summed E-state index contributed by atoms with van der Waals surface area (Å²) < 4.78 is 1.01. The van der Waals surface area contributed by atoms with E-state index in [2.05, 4.69) is 39.2 Å². The van der Waals surface area contributed by atoms with Gasteiger partial charge in [-0.25, -0.2) is 0 Å². The lowest BCUT2D eigenvalue weighted by molar-refractivity contribution is 0.513. The highest BCUT2D eigenvalue weighted by atomic mass is 79.9. The number of rotatable bonds is 6. The third-order valence-corrected chi connectivity index (χ3v) is 6.19. The Hall–Kier alpha value is 0.260. The molecule has 3 N–H and O–H groups in total. The number of nitrogens with two attached hydrogens (primary N) is 1. The molecular weight excluding hydrogens is 356 g/mol. The van der Waals surface area contributed by atoms with E-state index in [9.17, 15) is 0 Å². The Morgan fingerprint density at radius 1 is 1.35 bits per heavy atom. The van der Waals surface area contributed by atoms with Crippen LogP contribution in [0.5, 0.6) is 0 Å². The monoisotopic (exact) mass is 376 g/mol. The van der Waals surface area contributed by atoms with Gasteiger partial charge in [-0.2, -0.15) is 11.8 Å². The maximum absolute atomic E-state index is 6.27. The van der Waals surface area contributed by atoms with Crippen molar-refractivity contribution < 1.29 is 0 Å². The van der Waals surface area contributed by atoms with Crippen LogP contribution in [0.1, 0.15) is 37.7 Å². The summed E-state index contributed by atoms with van der Waals surface area (Å²) in [6, 6.07) is 6.32. The second-order valence-electron chi connectivity index (χ2n) is 5.40. The summed E-state index contributed by atoms with van der Waals surface area (Å²) in [7, 11) is 0. The van der Waals surface area contributed by atoms with Crippen molar-refractivity contribution in [1.82, 2.24) is 5.43 Å². The van der Waals surface area contributed by atoms with Gasteiger partial charge in [0.1, 0.15) is 0 Å². The lowest BCUT2D eigenvalue weighted by Crippen LogP contribution is -2.39. The van der Waals surface area contributed by atoms with Crippen molar-refractivity contribution in [3.8, 4) is 0 Å². The van der Waals surface area contributed by atoms with E-state index in [1.165, 1.54) is 32.1 Å². The Balaban J connectivity index is 1.84. The topological polar surface area (TPSA) is 38.0 Å². The summed E-state index contributed by atoms with van der Waals surface area (Å²) in [6.07, 6.45) is 7.78. The second-order valence-corrected chi connectivity index (χ2v) is 8.05. The van der Waals surface area contributed by atoms with Gasteiger partial charge in [0.05, 0.1) is 0 Å². The molecule has 112 valence electrons. The van der Waals surface area contributed by atoms with E-state index < -0.39 is 0 Å². The lowest BCUT2D eigenvalue weighted by Gasteiger charge is -2.24. The molecule has 0 aliphatic heterocycles. The van der Waals surface area contributed by atoms with Crippen molar-refractivity contribution in [2.45, 2.75) is 49.8 Å². The van der Waals surface area contributed by atoms with E-state index in [1.807, 2.05) is 12.1 Å². The molecule has 1 atom stereocenters. The number of nitrogens with one attached hydrogen (secondary N) is 1. The maximum atomic E-state index is 6.27. The quantitative estimate of drug-likeness (QED) is 0.564. The molecule has 0 heterocycles. The number of thioether (sulfide) groups is 1. The molecule has 5 heteroatoms. The Morgan fingerprint density at radius 3 is 2.75 bits per heavy atom. The first kappa shape index (κ1) is 16.6. The van der Waals surface area contributed by atoms with Crippen LogP contribution in [0.4, 0.5) is 0 Å². The van der Waals surface area contributed by atoms with Crippen LogP contribution in [0.2, 0.25) is 5.02 Å². The molecule has 1 unspecified atom stereocenters. The molecule has 2 nitrogen and oxygen atoms in total. The van der Waals surface area contributed by atoms with E-state index in [0.29, 0.717) is 0 Å². The summed E-state index contributed by atoms with van der Waals surface area (Å²) in [5, 5.41) is 1.63. The van der Waals surface area contributed by atoms with Gasteiger partial charge in [-0.3, -0.25) is 11.3 Å². The van der Waals surface area contributed by atoms with Crippen LogP contribution >= 0.6 is 39.3 Å². The predicted molar refractivity (Wildman–Crippen MR) is 93.3 cm³/mol. The van der Waals surface area contributed by atoms with Crippen LogP contribution < -0.4 is 11.3 Å². The molecule has 1 aliphatic rings. The first-order valence-electron chi connectivity index (χ1n) is 7.20. The molecular formula is C15H22BrClN2S. The first-order valence-corrected chi connectivity index (χ1v) is 9.42. The number of halogens is 2. The normalized spacial score (nSPS) is 18.1. The van der Waals surface area contributed by atoms with Crippen molar-refractivity contribution >= 4 is 39.3 Å². The zero-order valence-corrected chi connectivity index (χ0v) is 14.7. The lowest BCUT2D eigenvalue weighted by atomic mass is 10.0. The average Bonchev–Trinajstić information content (AvgIpc) is 2.46. The molecule has 20 heavy (non-hydrogen) atoms. The van der Waals surface area contributed by atoms with Gasteiger partial charge in [0.15, 0.2) is 0 Å². The average molecular weight is 378 g/mol. The van der Waals surface area contributed by atoms with Gasteiger partial charge in [-0.1, -0.05) is 52.9 Å². The fraction of sp³-hybridized carbons (Fsp3) is 0.600. The highest BCUT2D eigenvalue weighted by molar-refractivity contribution is 9.10. The van der Waals surface area contributed by atoms with Crippen LogP contribution in [0.3, 0.4) is 0 Å². The van der Waals surface area contributed by atoms with Gasteiger partial charge in [0.2, 0.25) is 0 Å². The standard InChI is InChI=1S/C15H22BrClN2S/c16-12-7-6-11(15(17)9-12)8-13(19-18)10-20-14-4-2-1-3-5-14/h6-7,9,13-14,19H,1-5,8,10,18H2. The fourth-order valence-electron chi connectivity index (χ4n) is 2.60. The molecule has 1 aliphatic carbocycles. The molecule has 0 radical (unpaired) electrons. The van der Waals surface area contributed by atoms with Gasteiger partial charge < -0.3 is 0 Å². The minimum absolute atomic E-state index is 0.278. The van der Waals surface area contributed by atoms with Gasteiger partial charge in [-0.05, 0) is 37.0 Å². The van der Waals surface area contributed by atoms with E-state index in [1.54, 1.807) is 0 Å². The zero-order valence-electron chi connectivity index (χ0n) is 11.6. The van der Waals surface area contributed by atoms with Crippen LogP contribution in [-0.2, 0) is 6.42 Å². The summed E-state index contributed by atoms with van der Waals surface area (Å²) in [4.78, 5) is 0. The van der Waals surface area contributed by atoms with Crippen molar-refractivity contribution in [3.05, 3.63) is 33.3 Å². The molecule has 1 aromatic carbocycles. The summed E-state index contributed by atoms with van der Waals surface area (Å²) in [5.41, 5.74) is 4.10. The number of hydrogen-bond donors (Lipinski definition) is 2. The predicted octanol–water partition coefficient (Wildman–Crippen LogP) is 4.54. The van der Waals surface area contributed by atoms with Gasteiger partial charge in [-0.15, -0.1) is 0 Å². The molecule has 1 saturated carbocycles. The number of benzene rings is 1. The van der Waals surface area contributed by atoms with Crippen LogP contribution in [0, 0.1) is 0 Å². The summed E-state index contributed by atoms with van der Waals surface area (Å²) in [6.45, 7) is 0. The third-order valence-electron chi connectivity index (χ3n) is 3.80. The molecule has 0 saturated heterocycles. The van der Waals surface area contributed by atoms with Crippen molar-refractivity contribution in [2.24, 2.45) is 5.84 Å². The maximum Gasteiger partial charge on any atom is 0.0449 e. The first-order chi connectivity index (χ1) is 9.69. The number of hydrogen-bond acceptors (Lipinski definition) is 3. The molecule has 1 fully saturated rings. The third kappa shape index (κ3) is 5.23. The summed E-state index contributed by atoms with van der Waals surface area (Å²) in [5.74, 6) is 6.75. The van der Waals surface area contributed by atoms with E-state index in [-0.39, 0.29) is 6.04 Å². The molecule has 0 amide bonds. The molecule has 1 aromatic rings. The van der Waals surface area contributed by atoms with Crippen LogP contribution in [-0.4, -0.2) is 17.0 Å². The largest absolute Gasteiger partial charge is 0.271 e. The van der Waals surface area contributed by atoms with Crippen molar-refractivity contribution in [2.75, 3.05) is 5.75 Å². The molecule has 0 aromatic heterocycles. The van der Waals surface area contributed by atoms with Gasteiger partial charge in [0.25, 0.3) is 0 Å². The Morgan fingerprint density at radius 2 is 2.10 bits per heavy atom. The van der Waals surface area contributed by atoms with Gasteiger partial charge in [0, 0.05) is 26.5 Å². The summed E-state index contributed by atoms with van der Waals surface area (Å²) >= 11 is 11.8. The SMILES string of the molecule is NNC(CSC1CCCCC1)Cc1ccc(Br)cc1Cl. The van der Waals surface area contributed by atoms with Crippen LogP contribution in [0.15, 0.2) is 22.7 Å². The Bertz CT molecular complexity index is 424. The smallest absolute Gasteiger partial charge is 0.0449 e. The zero-order chi connectivity index (χ0) is 14.4. The van der Waals surface area contributed by atoms with Crippen LogP contribution in [0.25, 0.3) is 0 Å². The van der Waals surface area contributed by atoms with Gasteiger partial charge >= 0.3 is 0 Å². The number of hydrazine groups is 1. The Kier molecular flexibility index (Phi) is 7.18. The molecule has 0 bridgehead atoms. The van der Waals surface area contributed by atoms with E-state index in [4.69, 9.17) is 17.4 Å². The van der Waals surface area contributed by atoms with E-state index in [0.717, 1.165) is 32.5 Å². The van der Waals surface area contributed by atoms with E-state index >= 15 is 0 Å². The minimum atomic E-state index is 0.278.